The van der Waals surface area contributed by atoms with Gasteiger partial charge in [-0.05, 0) is 0 Å². The molecule has 0 rings (SSSR count). The zero-order valence-corrected chi connectivity index (χ0v) is 5.26. The van der Waals surface area contributed by atoms with Crippen LogP contribution in [-0.4, -0.2) is 18.4 Å². The molecule has 0 aromatic carbocycles. The number of esters is 1. The molecule has 0 heterocycles. The van der Waals surface area contributed by atoms with Gasteiger partial charge in [0, 0.05) is 6.92 Å². The molecule has 9 heavy (non-hydrogen) atoms. The predicted octanol–water partition coefficient (Wildman–Crippen LogP) is -1.92. The second kappa shape index (κ2) is 2.77. The Morgan fingerprint density at radius 3 is 2.11 bits per heavy atom. The van der Waals surface area contributed by atoms with E-state index in [1.54, 1.807) is 0 Å². The Balaban J connectivity index is 3.39. The molecule has 0 bridgehead atoms. The second-order valence-corrected chi connectivity index (χ2v) is 1.89. The summed E-state index contributed by atoms with van der Waals surface area (Å²) >= 11 is 0. The van der Waals surface area contributed by atoms with Gasteiger partial charge in [-0.2, -0.15) is 0 Å². The highest BCUT2D eigenvalue weighted by atomic mass is 16.5. The van der Waals surface area contributed by atoms with Crippen molar-refractivity contribution in [1.29, 1.82) is 0 Å². The van der Waals surface area contributed by atoms with E-state index in [4.69, 9.17) is 17.2 Å². The van der Waals surface area contributed by atoms with Crippen LogP contribution >= 0.6 is 0 Å². The quantitative estimate of drug-likeness (QED) is 0.301. The molecule has 5 heteroatoms. The van der Waals surface area contributed by atoms with Crippen molar-refractivity contribution in [3.05, 3.63) is 0 Å². The monoisotopic (exact) mass is 133 g/mol. The summed E-state index contributed by atoms with van der Waals surface area (Å²) < 4.78 is 4.39. The van der Waals surface area contributed by atoms with Gasteiger partial charge in [-0.25, -0.2) is 0 Å². The lowest BCUT2D eigenvalue weighted by Crippen LogP contribution is -2.61. The zero-order chi connectivity index (χ0) is 7.49. The normalized spacial score (nSPS) is 11.1. The molecule has 6 N–H and O–H groups in total. The van der Waals surface area contributed by atoms with Crippen molar-refractivity contribution in [1.82, 2.24) is 0 Å². The fourth-order valence-corrected chi connectivity index (χ4v) is 0.227. The molecule has 0 aliphatic heterocycles. The Bertz CT molecular complexity index is 107. The lowest BCUT2D eigenvalue weighted by molar-refractivity contribution is -0.142. The highest BCUT2D eigenvalue weighted by Gasteiger charge is 2.12. The number of ether oxygens (including phenoxy) is 1. The van der Waals surface area contributed by atoms with Gasteiger partial charge in [0.2, 0.25) is 0 Å². The summed E-state index contributed by atoms with van der Waals surface area (Å²) in [5.41, 5.74) is 15.2. The molecular formula is C4H11N3O2. The summed E-state index contributed by atoms with van der Waals surface area (Å²) in [5, 5.41) is 0. The lowest BCUT2D eigenvalue weighted by Gasteiger charge is -2.16. The number of hydrogen-bond acceptors (Lipinski definition) is 5. The van der Waals surface area contributed by atoms with Crippen LogP contribution in [0.4, 0.5) is 0 Å². The smallest absolute Gasteiger partial charge is 0.302 e. The summed E-state index contributed by atoms with van der Waals surface area (Å²) in [6, 6.07) is 0. The van der Waals surface area contributed by atoms with Crippen molar-refractivity contribution < 1.29 is 9.53 Å². The molecule has 0 fully saturated rings. The Morgan fingerprint density at radius 2 is 2.00 bits per heavy atom. The maximum Gasteiger partial charge on any atom is 0.302 e. The number of carbonyl (C=O) groups excluding carboxylic acids is 1. The van der Waals surface area contributed by atoms with Crippen molar-refractivity contribution in [2.24, 2.45) is 17.2 Å². The average molecular weight is 133 g/mol. The van der Waals surface area contributed by atoms with Crippen molar-refractivity contribution in [2.45, 2.75) is 12.7 Å². The highest BCUT2D eigenvalue weighted by Crippen LogP contribution is 1.81. The maximum absolute atomic E-state index is 10.1. The predicted molar refractivity (Wildman–Crippen MR) is 31.9 cm³/mol. The first kappa shape index (κ1) is 8.35. The van der Waals surface area contributed by atoms with E-state index >= 15 is 0 Å². The molecule has 0 amide bonds. The molecule has 54 valence electrons. The van der Waals surface area contributed by atoms with Gasteiger partial charge in [0.05, 0.1) is 0 Å². The molecule has 0 aromatic rings. The zero-order valence-electron chi connectivity index (χ0n) is 5.26. The van der Waals surface area contributed by atoms with E-state index in [-0.39, 0.29) is 6.61 Å². The van der Waals surface area contributed by atoms with Crippen LogP contribution in [0.2, 0.25) is 0 Å². The molecule has 5 nitrogen and oxygen atoms in total. The van der Waals surface area contributed by atoms with Crippen LogP contribution in [0.1, 0.15) is 6.92 Å². The van der Waals surface area contributed by atoms with Gasteiger partial charge in [-0.15, -0.1) is 0 Å². The van der Waals surface area contributed by atoms with Crippen LogP contribution in [0.25, 0.3) is 0 Å². The van der Waals surface area contributed by atoms with Gasteiger partial charge in [0.25, 0.3) is 0 Å². The lowest BCUT2D eigenvalue weighted by atomic mass is 10.4. The van der Waals surface area contributed by atoms with E-state index in [1.165, 1.54) is 6.92 Å². The van der Waals surface area contributed by atoms with E-state index in [0.29, 0.717) is 0 Å². The van der Waals surface area contributed by atoms with Crippen LogP contribution in [-0.2, 0) is 9.53 Å². The van der Waals surface area contributed by atoms with E-state index in [2.05, 4.69) is 4.74 Å². The van der Waals surface area contributed by atoms with Crippen molar-refractivity contribution in [3.8, 4) is 0 Å². The van der Waals surface area contributed by atoms with E-state index in [0.717, 1.165) is 0 Å². The fraction of sp³-hybridized carbons (Fsp3) is 0.750. The van der Waals surface area contributed by atoms with E-state index in [9.17, 15) is 4.79 Å². The molecule has 0 aromatic heterocycles. The Kier molecular flexibility index (Phi) is 2.57. The first-order valence-corrected chi connectivity index (χ1v) is 2.42. The van der Waals surface area contributed by atoms with Gasteiger partial charge in [0.1, 0.15) is 6.61 Å². The number of nitrogens with two attached hydrogens (primary N) is 3. The van der Waals surface area contributed by atoms with Gasteiger partial charge >= 0.3 is 5.97 Å². The molecule has 0 saturated heterocycles. The third kappa shape index (κ3) is 7.35. The Labute approximate surface area is 53.1 Å². The summed E-state index contributed by atoms with van der Waals surface area (Å²) in [5.74, 6) is -1.85. The summed E-state index contributed by atoms with van der Waals surface area (Å²) in [6.45, 7) is 1.09. The molecule has 0 radical (unpaired) electrons. The number of carbonyl (C=O) groups is 1. The molecule has 0 spiro atoms. The van der Waals surface area contributed by atoms with Crippen LogP contribution in [0, 0.1) is 0 Å². The fourth-order valence-electron chi connectivity index (χ4n) is 0.227. The SMILES string of the molecule is CC(=O)OCC(N)(N)N. The minimum atomic E-state index is -1.41. The first-order valence-electron chi connectivity index (χ1n) is 2.42. The minimum Gasteiger partial charge on any atom is -0.461 e. The van der Waals surface area contributed by atoms with Crippen molar-refractivity contribution in [2.75, 3.05) is 6.61 Å². The largest absolute Gasteiger partial charge is 0.461 e. The summed E-state index contributed by atoms with van der Waals surface area (Å²) in [6.07, 6.45) is 0. The molecular weight excluding hydrogens is 122 g/mol. The molecule has 0 atom stereocenters. The van der Waals surface area contributed by atoms with Crippen LogP contribution in [0.3, 0.4) is 0 Å². The van der Waals surface area contributed by atoms with Crippen molar-refractivity contribution in [3.63, 3.8) is 0 Å². The van der Waals surface area contributed by atoms with Gasteiger partial charge in [0.15, 0.2) is 5.79 Å². The average Bonchev–Trinajstić information content (AvgIpc) is 1.59. The Morgan fingerprint density at radius 1 is 1.56 bits per heavy atom. The summed E-state index contributed by atoms with van der Waals surface area (Å²) in [4.78, 5) is 10.1. The van der Waals surface area contributed by atoms with Crippen LogP contribution in [0.5, 0.6) is 0 Å². The number of rotatable bonds is 2. The summed E-state index contributed by atoms with van der Waals surface area (Å²) in [7, 11) is 0. The standard InChI is InChI=1S/C4H11N3O2/c1-3(8)9-2-4(5,6)7/h2,5-7H2,1H3. The third-order valence-electron chi connectivity index (χ3n) is 0.525. The minimum absolute atomic E-state index is 0.164. The Hall–Kier alpha value is -0.650. The number of hydrogen-bond donors (Lipinski definition) is 3. The van der Waals surface area contributed by atoms with Gasteiger partial charge in [-0.1, -0.05) is 0 Å². The van der Waals surface area contributed by atoms with Crippen LogP contribution < -0.4 is 17.2 Å². The van der Waals surface area contributed by atoms with E-state index < -0.39 is 11.8 Å². The molecule has 0 aliphatic carbocycles. The topological polar surface area (TPSA) is 104 Å². The third-order valence-corrected chi connectivity index (χ3v) is 0.525. The van der Waals surface area contributed by atoms with Crippen LogP contribution in [0.15, 0.2) is 0 Å². The molecule has 0 aliphatic rings. The van der Waals surface area contributed by atoms with Gasteiger partial charge in [-0.3, -0.25) is 22.0 Å². The molecule has 0 unspecified atom stereocenters. The van der Waals surface area contributed by atoms with Gasteiger partial charge < -0.3 is 4.74 Å². The first-order chi connectivity index (χ1) is 3.92. The highest BCUT2D eigenvalue weighted by molar-refractivity contribution is 5.65. The van der Waals surface area contributed by atoms with Crippen molar-refractivity contribution >= 4 is 5.97 Å². The molecule has 0 saturated carbocycles. The van der Waals surface area contributed by atoms with E-state index in [1.807, 2.05) is 0 Å². The maximum atomic E-state index is 10.1. The second-order valence-electron chi connectivity index (χ2n) is 1.89.